The highest BCUT2D eigenvalue weighted by atomic mass is 79.9. The molecule has 0 aliphatic heterocycles. The summed E-state index contributed by atoms with van der Waals surface area (Å²) in [4.78, 5) is 2.15. The van der Waals surface area contributed by atoms with Crippen LogP contribution >= 0.6 is 15.9 Å². The van der Waals surface area contributed by atoms with Gasteiger partial charge in [-0.25, -0.2) is 0 Å². The van der Waals surface area contributed by atoms with Crippen LogP contribution in [0, 0.1) is 11.3 Å². The van der Waals surface area contributed by atoms with Crippen molar-refractivity contribution in [2.24, 2.45) is 0 Å². The minimum Gasteiger partial charge on any atom is -0.374 e. The molecule has 0 unspecified atom stereocenters. The van der Waals surface area contributed by atoms with Crippen LogP contribution in [0.4, 0.5) is 5.69 Å². The number of nitriles is 1. The van der Waals surface area contributed by atoms with Crippen LogP contribution in [0.2, 0.25) is 0 Å². The van der Waals surface area contributed by atoms with Gasteiger partial charge >= 0.3 is 0 Å². The van der Waals surface area contributed by atoms with Crippen molar-refractivity contribution >= 4 is 21.6 Å². The maximum Gasteiger partial charge on any atom is 0.0622 e. The quantitative estimate of drug-likeness (QED) is 0.770. The van der Waals surface area contributed by atoms with Gasteiger partial charge in [-0.3, -0.25) is 0 Å². The van der Waals surface area contributed by atoms with Crippen molar-refractivity contribution in [1.29, 1.82) is 5.26 Å². The molecule has 14 heavy (non-hydrogen) atoms. The number of anilines is 1. The van der Waals surface area contributed by atoms with Crippen LogP contribution in [0.1, 0.15) is 12.8 Å². The highest BCUT2D eigenvalue weighted by Gasteiger charge is 2.03. The fraction of sp³-hybridized carbons (Fsp3) is 0.364. The molecule has 0 N–H and O–H groups in total. The summed E-state index contributed by atoms with van der Waals surface area (Å²) < 4.78 is 1.10. The Kier molecular flexibility index (Phi) is 4.48. The first kappa shape index (κ1) is 11.1. The predicted octanol–water partition coefficient (Wildman–Crippen LogP) is 3.19. The third-order valence-corrected chi connectivity index (χ3v) is 2.72. The van der Waals surface area contributed by atoms with Gasteiger partial charge in [-0.15, -0.1) is 0 Å². The maximum absolute atomic E-state index is 8.43. The summed E-state index contributed by atoms with van der Waals surface area (Å²) >= 11 is 3.50. The van der Waals surface area contributed by atoms with E-state index >= 15 is 0 Å². The van der Waals surface area contributed by atoms with E-state index < -0.39 is 0 Å². The standard InChI is InChI=1S/C11H13BrN2/c1-14(9-5-4-8-13)11-7-3-2-6-10(11)12/h2-3,6-7H,4-5,9H2,1H3. The van der Waals surface area contributed by atoms with Gasteiger partial charge in [0.1, 0.15) is 0 Å². The van der Waals surface area contributed by atoms with E-state index in [-0.39, 0.29) is 0 Å². The molecule has 0 bridgehead atoms. The summed E-state index contributed by atoms with van der Waals surface area (Å²) in [6.45, 7) is 0.913. The number of hydrogen-bond acceptors (Lipinski definition) is 2. The molecular formula is C11H13BrN2. The van der Waals surface area contributed by atoms with E-state index in [4.69, 9.17) is 5.26 Å². The molecule has 0 aliphatic rings. The summed E-state index contributed by atoms with van der Waals surface area (Å²) in [7, 11) is 2.04. The molecule has 0 saturated heterocycles. The zero-order valence-electron chi connectivity index (χ0n) is 8.20. The smallest absolute Gasteiger partial charge is 0.0622 e. The van der Waals surface area contributed by atoms with Gasteiger partial charge in [-0.05, 0) is 34.5 Å². The number of rotatable bonds is 4. The van der Waals surface area contributed by atoms with Gasteiger partial charge in [-0.2, -0.15) is 5.26 Å². The highest BCUT2D eigenvalue weighted by Crippen LogP contribution is 2.24. The number of unbranched alkanes of at least 4 members (excludes halogenated alkanes) is 1. The fourth-order valence-electron chi connectivity index (χ4n) is 1.28. The minimum atomic E-state index is 0.620. The van der Waals surface area contributed by atoms with Crippen LogP contribution in [0.25, 0.3) is 0 Å². The lowest BCUT2D eigenvalue weighted by Crippen LogP contribution is -2.18. The summed E-state index contributed by atoms with van der Waals surface area (Å²) in [6, 6.07) is 10.3. The van der Waals surface area contributed by atoms with E-state index in [2.05, 4.69) is 33.0 Å². The number of nitrogens with zero attached hydrogens (tertiary/aromatic N) is 2. The van der Waals surface area contributed by atoms with Crippen LogP contribution in [-0.4, -0.2) is 13.6 Å². The second-order valence-corrected chi connectivity index (χ2v) is 3.99. The Morgan fingerprint density at radius 2 is 2.14 bits per heavy atom. The molecule has 0 saturated carbocycles. The average Bonchev–Trinajstić information content (AvgIpc) is 2.18. The summed E-state index contributed by atoms with van der Waals surface area (Å²) in [6.07, 6.45) is 1.53. The van der Waals surface area contributed by atoms with Crippen molar-refractivity contribution in [2.45, 2.75) is 12.8 Å². The van der Waals surface area contributed by atoms with Crippen molar-refractivity contribution in [3.63, 3.8) is 0 Å². The molecule has 1 aromatic rings. The number of benzene rings is 1. The third-order valence-electron chi connectivity index (χ3n) is 2.05. The zero-order chi connectivity index (χ0) is 10.4. The van der Waals surface area contributed by atoms with E-state index in [0.717, 1.165) is 17.4 Å². The number of para-hydroxylation sites is 1. The molecule has 0 radical (unpaired) electrons. The minimum absolute atomic E-state index is 0.620. The molecule has 0 fully saturated rings. The molecule has 1 rings (SSSR count). The molecule has 1 aromatic carbocycles. The van der Waals surface area contributed by atoms with Gasteiger partial charge in [0.15, 0.2) is 0 Å². The number of hydrogen-bond donors (Lipinski definition) is 0. The molecule has 74 valence electrons. The van der Waals surface area contributed by atoms with Gasteiger partial charge in [0.2, 0.25) is 0 Å². The van der Waals surface area contributed by atoms with Crippen LogP contribution in [0.15, 0.2) is 28.7 Å². The lowest BCUT2D eigenvalue weighted by molar-refractivity contribution is 0.805. The van der Waals surface area contributed by atoms with Crippen molar-refractivity contribution in [1.82, 2.24) is 0 Å². The largest absolute Gasteiger partial charge is 0.374 e. The summed E-state index contributed by atoms with van der Waals surface area (Å²) in [5, 5.41) is 8.43. The lowest BCUT2D eigenvalue weighted by atomic mass is 10.2. The van der Waals surface area contributed by atoms with Crippen molar-refractivity contribution in [2.75, 3.05) is 18.5 Å². The SMILES string of the molecule is CN(CCCC#N)c1ccccc1Br. The van der Waals surface area contributed by atoms with E-state index in [1.807, 2.05) is 25.2 Å². The average molecular weight is 253 g/mol. The molecule has 0 amide bonds. The summed E-state index contributed by atoms with van der Waals surface area (Å²) in [5.74, 6) is 0. The molecule has 0 aliphatic carbocycles. The monoisotopic (exact) mass is 252 g/mol. The van der Waals surface area contributed by atoms with E-state index in [9.17, 15) is 0 Å². The van der Waals surface area contributed by atoms with Crippen LogP contribution in [0.3, 0.4) is 0 Å². The second kappa shape index (κ2) is 5.66. The third kappa shape index (κ3) is 3.04. The molecular weight excluding hydrogens is 240 g/mol. The first-order chi connectivity index (χ1) is 6.75. The first-order valence-corrected chi connectivity index (χ1v) is 5.37. The van der Waals surface area contributed by atoms with Gasteiger partial charge in [-0.1, -0.05) is 12.1 Å². The Balaban J connectivity index is 2.57. The van der Waals surface area contributed by atoms with Gasteiger partial charge in [0, 0.05) is 24.5 Å². The summed E-state index contributed by atoms with van der Waals surface area (Å²) in [5.41, 5.74) is 1.17. The molecule has 0 spiro atoms. The topological polar surface area (TPSA) is 27.0 Å². The van der Waals surface area contributed by atoms with E-state index in [1.165, 1.54) is 5.69 Å². The maximum atomic E-state index is 8.43. The highest BCUT2D eigenvalue weighted by molar-refractivity contribution is 9.10. The number of halogens is 1. The molecule has 0 heterocycles. The van der Waals surface area contributed by atoms with Gasteiger partial charge in [0.05, 0.1) is 11.8 Å². The first-order valence-electron chi connectivity index (χ1n) is 4.58. The molecule has 0 atom stereocenters. The van der Waals surface area contributed by atoms with E-state index in [0.29, 0.717) is 6.42 Å². The molecule has 3 heteroatoms. The fourth-order valence-corrected chi connectivity index (χ4v) is 1.86. The lowest BCUT2D eigenvalue weighted by Gasteiger charge is -2.19. The normalized spacial score (nSPS) is 9.50. The van der Waals surface area contributed by atoms with E-state index in [1.54, 1.807) is 0 Å². The Bertz CT molecular complexity index is 330. The van der Waals surface area contributed by atoms with Crippen molar-refractivity contribution < 1.29 is 0 Å². The van der Waals surface area contributed by atoms with Gasteiger partial charge in [0.25, 0.3) is 0 Å². The second-order valence-electron chi connectivity index (χ2n) is 3.13. The molecule has 2 nitrogen and oxygen atoms in total. The van der Waals surface area contributed by atoms with Crippen LogP contribution in [-0.2, 0) is 0 Å². The van der Waals surface area contributed by atoms with Crippen LogP contribution in [0.5, 0.6) is 0 Å². The van der Waals surface area contributed by atoms with Crippen molar-refractivity contribution in [3.8, 4) is 6.07 Å². The zero-order valence-corrected chi connectivity index (χ0v) is 9.79. The Labute approximate surface area is 93.3 Å². The Hall–Kier alpha value is -1.01. The molecule has 0 aromatic heterocycles. The van der Waals surface area contributed by atoms with Crippen LogP contribution < -0.4 is 4.90 Å². The van der Waals surface area contributed by atoms with Crippen molar-refractivity contribution in [3.05, 3.63) is 28.7 Å². The Morgan fingerprint density at radius 3 is 2.79 bits per heavy atom. The Morgan fingerprint density at radius 1 is 1.43 bits per heavy atom. The predicted molar refractivity (Wildman–Crippen MR) is 62.3 cm³/mol. The van der Waals surface area contributed by atoms with Gasteiger partial charge < -0.3 is 4.90 Å².